The van der Waals surface area contributed by atoms with Crippen molar-refractivity contribution in [3.8, 4) is 0 Å². The van der Waals surface area contributed by atoms with Crippen molar-refractivity contribution in [2.24, 2.45) is 0 Å². The van der Waals surface area contributed by atoms with Crippen LogP contribution >= 0.6 is 0 Å². The Morgan fingerprint density at radius 1 is 0.850 bits per heavy atom. The maximum atomic E-state index is 2.38. The van der Waals surface area contributed by atoms with Crippen LogP contribution in [-0.2, 0) is 0 Å². The largest absolute Gasteiger partial charge is 0.192 e. The van der Waals surface area contributed by atoms with E-state index in [9.17, 15) is 0 Å². The van der Waals surface area contributed by atoms with Crippen LogP contribution in [0.2, 0.25) is 0 Å². The zero-order valence-corrected chi connectivity index (χ0v) is 12.5. The lowest BCUT2D eigenvalue weighted by atomic mass is 9.88. The molecule has 0 N–H and O–H groups in total. The van der Waals surface area contributed by atoms with Gasteiger partial charge >= 0.3 is 0 Å². The van der Waals surface area contributed by atoms with Crippen molar-refractivity contribution in [2.75, 3.05) is 0 Å². The van der Waals surface area contributed by atoms with Crippen molar-refractivity contribution in [3.05, 3.63) is 78.2 Å². The molecule has 0 heteroatoms. The molecule has 106 valence electrons. The Balaban J connectivity index is 1.95. The van der Waals surface area contributed by atoms with Crippen LogP contribution in [0.3, 0.4) is 0 Å². The van der Waals surface area contributed by atoms with Crippen LogP contribution in [0.15, 0.2) is 60.7 Å². The summed E-state index contributed by atoms with van der Waals surface area (Å²) in [7, 11) is 0. The number of rotatable bonds is 8. The van der Waals surface area contributed by atoms with E-state index in [1.165, 1.54) is 36.8 Å². The quantitative estimate of drug-likeness (QED) is 0.406. The van der Waals surface area contributed by atoms with Crippen molar-refractivity contribution >= 4 is 0 Å². The Kier molecular flexibility index (Phi) is 6.23. The lowest BCUT2D eigenvalue weighted by Gasteiger charge is -2.20. The molecule has 0 heterocycles. The molecule has 2 aromatic rings. The van der Waals surface area contributed by atoms with Crippen molar-refractivity contribution in [1.29, 1.82) is 0 Å². The molecule has 0 aliphatic carbocycles. The molecule has 0 bridgehead atoms. The van der Waals surface area contributed by atoms with Gasteiger partial charge in [-0.1, -0.05) is 69.0 Å². The van der Waals surface area contributed by atoms with Crippen LogP contribution < -0.4 is 0 Å². The Morgan fingerprint density at radius 3 is 2.15 bits per heavy atom. The molecule has 0 spiro atoms. The van der Waals surface area contributed by atoms with Gasteiger partial charge in [0, 0.05) is 0 Å². The van der Waals surface area contributed by atoms with Crippen LogP contribution in [-0.4, -0.2) is 0 Å². The third-order valence-corrected chi connectivity index (χ3v) is 3.86. The van der Waals surface area contributed by atoms with E-state index in [-0.39, 0.29) is 0 Å². The number of hydrogen-bond donors (Lipinski definition) is 0. The fourth-order valence-electron chi connectivity index (χ4n) is 2.65. The highest BCUT2D eigenvalue weighted by Crippen LogP contribution is 2.28. The van der Waals surface area contributed by atoms with E-state index >= 15 is 0 Å². The molecule has 0 aliphatic rings. The van der Waals surface area contributed by atoms with Crippen LogP contribution in [0.5, 0.6) is 0 Å². The molecule has 0 fully saturated rings. The first-order chi connectivity index (χ1) is 9.90. The maximum absolute atomic E-state index is 2.38. The molecule has 2 rings (SSSR count). The van der Waals surface area contributed by atoms with Crippen molar-refractivity contribution in [3.63, 3.8) is 0 Å². The summed E-state index contributed by atoms with van der Waals surface area (Å²) in [5, 5.41) is 0. The summed E-state index contributed by atoms with van der Waals surface area (Å²) in [6.45, 7) is 2.27. The molecular weight excluding hydrogens is 240 g/mol. The molecule has 0 saturated carbocycles. The van der Waals surface area contributed by atoms with Crippen molar-refractivity contribution in [1.82, 2.24) is 0 Å². The van der Waals surface area contributed by atoms with Gasteiger partial charge in [-0.15, -0.1) is 12.1 Å². The molecule has 1 atom stereocenters. The van der Waals surface area contributed by atoms with E-state index < -0.39 is 0 Å². The monoisotopic (exact) mass is 265 g/mol. The van der Waals surface area contributed by atoms with Gasteiger partial charge in [-0.25, -0.2) is 0 Å². The summed E-state index contributed by atoms with van der Waals surface area (Å²) in [6, 6.07) is 21.6. The number of unbranched alkanes of at least 4 members (excludes halogenated alkanes) is 2. The predicted octanol–water partition coefficient (Wildman–Crippen LogP) is 5.99. The lowest BCUT2D eigenvalue weighted by Crippen LogP contribution is -2.00. The van der Waals surface area contributed by atoms with Gasteiger partial charge in [-0.3, -0.25) is 0 Å². The molecule has 20 heavy (non-hydrogen) atoms. The highest BCUT2D eigenvalue weighted by molar-refractivity contribution is 5.25. The summed E-state index contributed by atoms with van der Waals surface area (Å²) in [6.07, 6.45) is 8.78. The van der Waals surface area contributed by atoms with E-state index in [4.69, 9.17) is 0 Å². The van der Waals surface area contributed by atoms with Crippen LogP contribution in [0.25, 0.3) is 0 Å². The summed E-state index contributed by atoms with van der Waals surface area (Å²) >= 11 is 0. The van der Waals surface area contributed by atoms with Crippen LogP contribution in [0.4, 0.5) is 0 Å². The molecule has 0 aliphatic heterocycles. The second-order valence-electron chi connectivity index (χ2n) is 5.45. The van der Waals surface area contributed by atoms with E-state index in [0.29, 0.717) is 5.92 Å². The Labute approximate surface area is 123 Å². The van der Waals surface area contributed by atoms with Crippen LogP contribution in [0, 0.1) is 6.42 Å². The molecule has 2 aromatic carbocycles. The average molecular weight is 265 g/mol. The topological polar surface area (TPSA) is 0 Å². The zero-order chi connectivity index (χ0) is 14.0. The maximum Gasteiger partial charge on any atom is -0.0232 e. The van der Waals surface area contributed by atoms with Gasteiger partial charge in [0.05, 0.1) is 0 Å². The number of benzene rings is 2. The highest BCUT2D eigenvalue weighted by atomic mass is 14.2. The number of hydrogen-bond acceptors (Lipinski definition) is 0. The second kappa shape index (κ2) is 8.47. The highest BCUT2D eigenvalue weighted by Gasteiger charge is 2.08. The summed E-state index contributed by atoms with van der Waals surface area (Å²) < 4.78 is 0. The van der Waals surface area contributed by atoms with Gasteiger partial charge in [-0.2, -0.15) is 24.1 Å². The minimum Gasteiger partial charge on any atom is -0.192 e. The minimum absolute atomic E-state index is 0.656. The van der Waals surface area contributed by atoms with Gasteiger partial charge in [0.15, 0.2) is 0 Å². The van der Waals surface area contributed by atoms with Gasteiger partial charge in [0.2, 0.25) is 0 Å². The van der Waals surface area contributed by atoms with E-state index in [1.807, 2.05) is 0 Å². The molecule has 0 amide bonds. The lowest BCUT2D eigenvalue weighted by molar-refractivity contribution is 0.562. The van der Waals surface area contributed by atoms with Gasteiger partial charge < -0.3 is 0 Å². The smallest absolute Gasteiger partial charge is 0.0232 e. The predicted molar refractivity (Wildman–Crippen MR) is 87.8 cm³/mol. The Morgan fingerprint density at radius 2 is 1.50 bits per heavy atom. The first-order valence-corrected chi connectivity index (χ1v) is 7.83. The molecule has 0 aromatic heterocycles. The SMILES string of the molecule is CCCCCC(C[CH-]c1ccccc1)c1ccccc1. The third kappa shape index (κ3) is 4.77. The van der Waals surface area contributed by atoms with E-state index in [2.05, 4.69) is 74.0 Å². The minimum atomic E-state index is 0.656. The fourth-order valence-corrected chi connectivity index (χ4v) is 2.65. The summed E-state index contributed by atoms with van der Waals surface area (Å²) in [5.74, 6) is 0.656. The Hall–Kier alpha value is -1.69. The molecule has 0 radical (unpaired) electrons. The molecule has 0 nitrogen and oxygen atoms in total. The van der Waals surface area contributed by atoms with E-state index in [0.717, 1.165) is 6.42 Å². The normalized spacial score (nSPS) is 12.1. The second-order valence-corrected chi connectivity index (χ2v) is 5.45. The van der Waals surface area contributed by atoms with Gasteiger partial charge in [0.1, 0.15) is 0 Å². The van der Waals surface area contributed by atoms with Crippen LogP contribution in [0.1, 0.15) is 56.1 Å². The average Bonchev–Trinajstić information content (AvgIpc) is 2.52. The first-order valence-electron chi connectivity index (χ1n) is 7.83. The molecule has 0 saturated heterocycles. The zero-order valence-electron chi connectivity index (χ0n) is 12.5. The van der Waals surface area contributed by atoms with Gasteiger partial charge in [0.25, 0.3) is 0 Å². The standard InChI is InChI=1S/C20H25/c1-2-3-6-13-20(19-14-9-5-10-15-19)17-16-18-11-7-4-8-12-18/h4-5,7-12,14-16,20H,2-3,6,13,17H2,1H3/q-1. The third-order valence-electron chi connectivity index (χ3n) is 3.86. The van der Waals surface area contributed by atoms with Crippen molar-refractivity contribution in [2.45, 2.75) is 44.9 Å². The van der Waals surface area contributed by atoms with Gasteiger partial charge in [-0.05, 0) is 17.9 Å². The first kappa shape index (κ1) is 14.7. The van der Waals surface area contributed by atoms with Crippen molar-refractivity contribution < 1.29 is 0 Å². The summed E-state index contributed by atoms with van der Waals surface area (Å²) in [4.78, 5) is 0. The molecule has 1 unspecified atom stereocenters. The Bertz CT molecular complexity index is 458. The fraction of sp³-hybridized carbons (Fsp3) is 0.350. The molecular formula is C20H25-. The summed E-state index contributed by atoms with van der Waals surface area (Å²) in [5.41, 5.74) is 2.82. The van der Waals surface area contributed by atoms with E-state index in [1.54, 1.807) is 0 Å².